The number of nitrogens with zero attached hydrogens (tertiary/aromatic N) is 2. The second-order valence-corrected chi connectivity index (χ2v) is 8.76. The first-order valence-electron chi connectivity index (χ1n) is 9.29. The van der Waals surface area contributed by atoms with E-state index < -0.39 is 0 Å². The Labute approximate surface area is 148 Å². The van der Waals surface area contributed by atoms with Crippen molar-refractivity contribution in [3.63, 3.8) is 0 Å². The van der Waals surface area contributed by atoms with Crippen LogP contribution in [-0.4, -0.2) is 50.5 Å². The summed E-state index contributed by atoms with van der Waals surface area (Å²) in [5, 5.41) is 6.87. The Hall–Kier alpha value is -1.26. The van der Waals surface area contributed by atoms with Crippen LogP contribution in [0.25, 0.3) is 0 Å². The SMILES string of the molecule is CN=C(NCC1(C(=O)N(C)C)CCCC1)NC(C)CCC(C)(C)C. The van der Waals surface area contributed by atoms with Gasteiger partial charge in [-0.2, -0.15) is 0 Å². The number of aliphatic imine (C=N–C) groups is 1. The Balaban J connectivity index is 2.57. The fourth-order valence-electron chi connectivity index (χ4n) is 3.40. The molecule has 0 aromatic heterocycles. The van der Waals surface area contributed by atoms with Gasteiger partial charge in [0.15, 0.2) is 5.96 Å². The molecule has 5 nitrogen and oxygen atoms in total. The molecule has 1 rings (SSSR count). The van der Waals surface area contributed by atoms with Crippen LogP contribution < -0.4 is 10.6 Å². The monoisotopic (exact) mass is 338 g/mol. The van der Waals surface area contributed by atoms with Gasteiger partial charge in [0.1, 0.15) is 0 Å². The van der Waals surface area contributed by atoms with E-state index in [2.05, 4.69) is 43.3 Å². The molecule has 2 N–H and O–H groups in total. The van der Waals surface area contributed by atoms with E-state index in [4.69, 9.17) is 0 Å². The van der Waals surface area contributed by atoms with Gasteiger partial charge in [-0.05, 0) is 38.0 Å². The van der Waals surface area contributed by atoms with Crippen LogP contribution in [0.4, 0.5) is 0 Å². The summed E-state index contributed by atoms with van der Waals surface area (Å²) in [6.07, 6.45) is 6.47. The predicted molar refractivity (Wildman–Crippen MR) is 102 cm³/mol. The van der Waals surface area contributed by atoms with Gasteiger partial charge in [-0.25, -0.2) is 0 Å². The van der Waals surface area contributed by atoms with Crippen molar-refractivity contribution >= 4 is 11.9 Å². The number of carbonyl (C=O) groups is 1. The van der Waals surface area contributed by atoms with Crippen molar-refractivity contribution in [3.8, 4) is 0 Å². The molecule has 1 atom stereocenters. The number of carbonyl (C=O) groups excluding carboxylic acids is 1. The van der Waals surface area contributed by atoms with Crippen LogP contribution >= 0.6 is 0 Å². The molecule has 0 bridgehead atoms. The molecule has 1 amide bonds. The third-order valence-corrected chi connectivity index (χ3v) is 4.95. The molecule has 24 heavy (non-hydrogen) atoms. The van der Waals surface area contributed by atoms with E-state index in [1.807, 2.05) is 14.1 Å². The van der Waals surface area contributed by atoms with Crippen LogP contribution in [-0.2, 0) is 4.79 Å². The zero-order valence-corrected chi connectivity index (χ0v) is 16.8. The summed E-state index contributed by atoms with van der Waals surface area (Å²) in [4.78, 5) is 18.7. The van der Waals surface area contributed by atoms with Crippen molar-refractivity contribution in [2.75, 3.05) is 27.7 Å². The molecule has 0 aromatic carbocycles. The largest absolute Gasteiger partial charge is 0.355 e. The van der Waals surface area contributed by atoms with Gasteiger partial charge in [0.2, 0.25) is 5.91 Å². The lowest BCUT2D eigenvalue weighted by molar-refractivity contribution is -0.138. The highest BCUT2D eigenvalue weighted by Crippen LogP contribution is 2.38. The van der Waals surface area contributed by atoms with Crippen LogP contribution in [0, 0.1) is 10.8 Å². The number of guanidine groups is 1. The van der Waals surface area contributed by atoms with E-state index in [1.165, 1.54) is 6.42 Å². The number of nitrogens with one attached hydrogen (secondary N) is 2. The van der Waals surface area contributed by atoms with Crippen molar-refractivity contribution in [2.45, 2.75) is 72.3 Å². The Kier molecular flexibility index (Phi) is 7.56. The molecule has 1 saturated carbocycles. The molecule has 1 unspecified atom stereocenters. The summed E-state index contributed by atoms with van der Waals surface area (Å²) >= 11 is 0. The van der Waals surface area contributed by atoms with E-state index in [9.17, 15) is 4.79 Å². The second-order valence-electron chi connectivity index (χ2n) is 8.76. The van der Waals surface area contributed by atoms with Gasteiger partial charge in [0.05, 0.1) is 5.41 Å². The maximum atomic E-state index is 12.6. The number of hydrogen-bond acceptors (Lipinski definition) is 2. The average Bonchev–Trinajstić information content (AvgIpc) is 2.97. The maximum Gasteiger partial charge on any atom is 0.230 e. The summed E-state index contributed by atoms with van der Waals surface area (Å²) in [6, 6.07) is 0.361. The molecule has 5 heteroatoms. The molecule has 1 aliphatic rings. The van der Waals surface area contributed by atoms with Crippen molar-refractivity contribution in [2.24, 2.45) is 15.8 Å². The molecule has 0 radical (unpaired) electrons. The summed E-state index contributed by atoms with van der Waals surface area (Å²) in [5.74, 6) is 1.04. The van der Waals surface area contributed by atoms with Gasteiger partial charge in [-0.1, -0.05) is 33.6 Å². The van der Waals surface area contributed by atoms with Crippen LogP contribution in [0.1, 0.15) is 66.2 Å². The minimum absolute atomic E-state index is 0.240. The molecule has 0 aromatic rings. The fraction of sp³-hybridized carbons (Fsp3) is 0.895. The molecule has 0 heterocycles. The number of amides is 1. The van der Waals surface area contributed by atoms with Gasteiger partial charge < -0.3 is 15.5 Å². The second kappa shape index (κ2) is 8.72. The molecule has 0 saturated heterocycles. The number of hydrogen-bond donors (Lipinski definition) is 2. The predicted octanol–water partition coefficient (Wildman–Crippen LogP) is 3.01. The zero-order valence-electron chi connectivity index (χ0n) is 16.8. The molecule has 140 valence electrons. The first-order chi connectivity index (χ1) is 11.1. The highest BCUT2D eigenvalue weighted by molar-refractivity contribution is 5.85. The smallest absolute Gasteiger partial charge is 0.230 e. The average molecular weight is 339 g/mol. The third-order valence-electron chi connectivity index (χ3n) is 4.95. The van der Waals surface area contributed by atoms with E-state index in [0.29, 0.717) is 18.0 Å². The molecule has 1 aliphatic carbocycles. The Morgan fingerprint density at radius 2 is 1.83 bits per heavy atom. The molecule has 0 aliphatic heterocycles. The maximum absolute atomic E-state index is 12.6. The van der Waals surface area contributed by atoms with E-state index in [-0.39, 0.29) is 11.3 Å². The zero-order chi connectivity index (χ0) is 18.4. The Morgan fingerprint density at radius 3 is 2.29 bits per heavy atom. The van der Waals surface area contributed by atoms with E-state index in [1.54, 1.807) is 11.9 Å². The van der Waals surface area contributed by atoms with Gasteiger partial charge in [-0.3, -0.25) is 9.79 Å². The van der Waals surface area contributed by atoms with Crippen LogP contribution in [0.15, 0.2) is 4.99 Å². The number of rotatable bonds is 6. The lowest BCUT2D eigenvalue weighted by atomic mass is 9.84. The summed E-state index contributed by atoms with van der Waals surface area (Å²) < 4.78 is 0. The normalized spacial score (nSPS) is 19.0. The van der Waals surface area contributed by atoms with Gasteiger partial charge in [0, 0.05) is 33.7 Å². The minimum Gasteiger partial charge on any atom is -0.355 e. The summed E-state index contributed by atoms with van der Waals surface area (Å²) in [7, 11) is 5.50. The lowest BCUT2D eigenvalue weighted by Crippen LogP contribution is -2.50. The van der Waals surface area contributed by atoms with Gasteiger partial charge in [-0.15, -0.1) is 0 Å². The van der Waals surface area contributed by atoms with Crippen LogP contribution in [0.5, 0.6) is 0 Å². The molecular formula is C19H38N4O. The standard InChI is InChI=1S/C19H38N4O/c1-15(10-13-18(2,3)4)22-17(20-5)21-14-19(11-8-9-12-19)16(24)23(6)7/h15H,8-14H2,1-7H3,(H2,20,21,22). The molecule has 1 fully saturated rings. The quantitative estimate of drug-likeness (QED) is 0.578. The summed E-state index contributed by atoms with van der Waals surface area (Å²) in [5.41, 5.74) is 0.0781. The lowest BCUT2D eigenvalue weighted by Gasteiger charge is -2.32. The third kappa shape index (κ3) is 6.33. The highest BCUT2D eigenvalue weighted by atomic mass is 16.2. The first kappa shape index (κ1) is 20.8. The molecular weight excluding hydrogens is 300 g/mol. The first-order valence-corrected chi connectivity index (χ1v) is 9.29. The van der Waals surface area contributed by atoms with E-state index in [0.717, 1.165) is 38.1 Å². The highest BCUT2D eigenvalue weighted by Gasteiger charge is 2.42. The van der Waals surface area contributed by atoms with Gasteiger partial charge >= 0.3 is 0 Å². The minimum atomic E-state index is -0.268. The van der Waals surface area contributed by atoms with Crippen molar-refractivity contribution in [1.82, 2.24) is 15.5 Å². The van der Waals surface area contributed by atoms with Crippen molar-refractivity contribution in [3.05, 3.63) is 0 Å². The topological polar surface area (TPSA) is 56.7 Å². The van der Waals surface area contributed by atoms with Crippen molar-refractivity contribution < 1.29 is 4.79 Å². The van der Waals surface area contributed by atoms with E-state index >= 15 is 0 Å². The summed E-state index contributed by atoms with van der Waals surface area (Å²) in [6.45, 7) is 9.65. The Bertz CT molecular complexity index is 431. The van der Waals surface area contributed by atoms with Crippen LogP contribution in [0.3, 0.4) is 0 Å². The van der Waals surface area contributed by atoms with Crippen LogP contribution in [0.2, 0.25) is 0 Å². The van der Waals surface area contributed by atoms with Crippen molar-refractivity contribution in [1.29, 1.82) is 0 Å². The fourth-order valence-corrected chi connectivity index (χ4v) is 3.40. The molecule has 0 spiro atoms. The van der Waals surface area contributed by atoms with Gasteiger partial charge in [0.25, 0.3) is 0 Å². The Morgan fingerprint density at radius 1 is 1.25 bits per heavy atom.